The molecule has 1 aliphatic heterocycles. The van der Waals surface area contributed by atoms with Gasteiger partial charge in [-0.25, -0.2) is 10.5 Å². The normalized spacial score (nSPS) is 16.1. The molecule has 1 aliphatic carbocycles. The summed E-state index contributed by atoms with van der Waals surface area (Å²) in [6.45, 7) is 6.67. The summed E-state index contributed by atoms with van der Waals surface area (Å²) in [7, 11) is 0. The van der Waals surface area contributed by atoms with Crippen molar-refractivity contribution in [3.63, 3.8) is 0 Å². The first-order valence-corrected chi connectivity index (χ1v) is 17.4. The lowest BCUT2D eigenvalue weighted by molar-refractivity contribution is 0.371. The van der Waals surface area contributed by atoms with Gasteiger partial charge in [0.05, 0.1) is 29.4 Å². The Morgan fingerprint density at radius 2 is 1.70 bits per heavy atom. The van der Waals surface area contributed by atoms with E-state index in [0.29, 0.717) is 36.3 Å². The summed E-state index contributed by atoms with van der Waals surface area (Å²) in [5.74, 6) is 1.40. The maximum atomic E-state index is 9.29. The van der Waals surface area contributed by atoms with E-state index in [9.17, 15) is 5.26 Å². The molecule has 11 heteroatoms. The Morgan fingerprint density at radius 3 is 2.47 bits per heavy atom. The van der Waals surface area contributed by atoms with Gasteiger partial charge in [-0.05, 0) is 101 Å². The van der Waals surface area contributed by atoms with Gasteiger partial charge < -0.3 is 31.5 Å². The predicted molar refractivity (Wildman–Crippen MR) is 189 cm³/mol. The number of benzene rings is 2. The summed E-state index contributed by atoms with van der Waals surface area (Å²) in [6, 6.07) is 18.9. The Bertz CT molecular complexity index is 1450. The summed E-state index contributed by atoms with van der Waals surface area (Å²) < 4.78 is 0. The number of nitriles is 1. The van der Waals surface area contributed by atoms with Gasteiger partial charge in [0.15, 0.2) is 0 Å². The highest BCUT2D eigenvalue weighted by Gasteiger charge is 2.19. The molecule has 5 rings (SSSR count). The highest BCUT2D eigenvalue weighted by Crippen LogP contribution is 2.27. The molecule has 47 heavy (non-hydrogen) atoms. The Labute approximate surface area is 279 Å². The van der Waals surface area contributed by atoms with Crippen LogP contribution in [-0.4, -0.2) is 67.9 Å². The van der Waals surface area contributed by atoms with E-state index in [2.05, 4.69) is 48.7 Å². The van der Waals surface area contributed by atoms with E-state index < -0.39 is 0 Å². The zero-order valence-electron chi connectivity index (χ0n) is 27.6. The Morgan fingerprint density at radius 1 is 0.936 bits per heavy atom. The van der Waals surface area contributed by atoms with E-state index in [4.69, 9.17) is 15.5 Å². The van der Waals surface area contributed by atoms with Crippen molar-refractivity contribution in [1.82, 2.24) is 31.2 Å². The highest BCUT2D eigenvalue weighted by molar-refractivity contribution is 5.90. The Balaban J connectivity index is 1.20. The number of para-hydroxylation sites is 1. The second-order valence-electron chi connectivity index (χ2n) is 12.7. The number of nitrogens with one attached hydrogen (secondary N) is 6. The third-order valence-corrected chi connectivity index (χ3v) is 9.02. The van der Waals surface area contributed by atoms with E-state index in [1.807, 2.05) is 48.7 Å². The highest BCUT2D eigenvalue weighted by atomic mass is 15.3. The topological polar surface area (TPSA) is 149 Å². The molecule has 1 saturated carbocycles. The van der Waals surface area contributed by atoms with Gasteiger partial charge in [-0.1, -0.05) is 43.5 Å². The molecule has 2 aromatic carbocycles. The first kappa shape index (κ1) is 34.2. The van der Waals surface area contributed by atoms with Crippen molar-refractivity contribution in [3.8, 4) is 6.07 Å². The molecule has 11 nitrogen and oxygen atoms in total. The zero-order chi connectivity index (χ0) is 32.5. The Kier molecular flexibility index (Phi) is 13.8. The standard InChI is InChI=1S/C36H51N11/c37-24-28-12-14-29(15-13-28)26-47(36-44-34-11-5-4-10-33(34)35(45-36)43-31-16-22-40-23-17-31)27-32(46-38)25-41-20-6-18-39-19-7-21-42-30-8-2-1-3-9-30/h4-5,10-15,25,30-31,38-42H,1-3,6-9,16-23,26-27H2,(H,43,44,45)/b32-25-,46-38?. The lowest BCUT2D eigenvalue weighted by Crippen LogP contribution is -2.35. The molecule has 1 saturated heterocycles. The minimum atomic E-state index is 0.338. The number of nitrogens with zero attached hydrogens (tertiary/aromatic N) is 5. The van der Waals surface area contributed by atoms with Crippen LogP contribution in [0.4, 0.5) is 11.8 Å². The maximum absolute atomic E-state index is 9.29. The molecule has 2 heterocycles. The summed E-state index contributed by atoms with van der Waals surface area (Å²) in [5.41, 5.74) is 11.0. The maximum Gasteiger partial charge on any atom is 0.228 e. The fourth-order valence-corrected chi connectivity index (χ4v) is 6.34. The van der Waals surface area contributed by atoms with Gasteiger partial charge in [0.25, 0.3) is 0 Å². The molecule has 1 aromatic heterocycles. The minimum absolute atomic E-state index is 0.338. The van der Waals surface area contributed by atoms with Crippen molar-refractivity contribution < 1.29 is 0 Å². The van der Waals surface area contributed by atoms with E-state index in [1.54, 1.807) is 0 Å². The smallest absolute Gasteiger partial charge is 0.228 e. The molecular weight excluding hydrogens is 586 g/mol. The first-order valence-electron chi connectivity index (χ1n) is 17.4. The van der Waals surface area contributed by atoms with Crippen LogP contribution in [0.5, 0.6) is 0 Å². The van der Waals surface area contributed by atoms with E-state index in [1.165, 1.54) is 32.1 Å². The van der Waals surface area contributed by atoms with Gasteiger partial charge >= 0.3 is 0 Å². The minimum Gasteiger partial charge on any atom is -0.389 e. The van der Waals surface area contributed by atoms with Gasteiger partial charge in [-0.2, -0.15) is 15.4 Å². The summed E-state index contributed by atoms with van der Waals surface area (Å²) in [6.07, 6.45) is 12.8. The van der Waals surface area contributed by atoms with Gasteiger partial charge in [0.1, 0.15) is 5.82 Å². The third-order valence-electron chi connectivity index (χ3n) is 9.02. The van der Waals surface area contributed by atoms with Crippen LogP contribution in [0.1, 0.15) is 68.9 Å². The first-order chi connectivity index (χ1) is 23.2. The van der Waals surface area contributed by atoms with Crippen LogP contribution < -0.4 is 31.5 Å². The lowest BCUT2D eigenvalue weighted by atomic mass is 9.95. The molecule has 0 atom stereocenters. The molecule has 2 aliphatic rings. The monoisotopic (exact) mass is 637 g/mol. The number of piperidine rings is 1. The Hall–Kier alpha value is -4.11. The zero-order valence-corrected chi connectivity index (χ0v) is 27.6. The van der Waals surface area contributed by atoms with Crippen molar-refractivity contribution in [2.45, 2.75) is 76.4 Å². The van der Waals surface area contributed by atoms with E-state index >= 15 is 0 Å². The van der Waals surface area contributed by atoms with Gasteiger partial charge in [-0.3, -0.25) is 0 Å². The third kappa shape index (κ3) is 11.0. The van der Waals surface area contributed by atoms with Crippen LogP contribution in [0.3, 0.4) is 0 Å². The second-order valence-corrected chi connectivity index (χ2v) is 12.7. The van der Waals surface area contributed by atoms with Crippen LogP contribution in [0.2, 0.25) is 0 Å². The van der Waals surface area contributed by atoms with Crippen LogP contribution in [0.25, 0.3) is 10.9 Å². The van der Waals surface area contributed by atoms with Gasteiger partial charge in [-0.15, -0.1) is 0 Å². The number of anilines is 2. The van der Waals surface area contributed by atoms with Crippen LogP contribution in [-0.2, 0) is 6.54 Å². The summed E-state index contributed by atoms with van der Waals surface area (Å²) in [5, 5.41) is 31.9. The molecule has 0 spiro atoms. The molecule has 2 fully saturated rings. The van der Waals surface area contributed by atoms with Crippen LogP contribution >= 0.6 is 0 Å². The molecule has 0 amide bonds. The SMILES string of the molecule is N#Cc1ccc(CN(C/C(=C/NCCCNCCCNC2CCCCC2)N=N)c2nc(NC3CCNCC3)c3ccccc3n2)cc1. The summed E-state index contributed by atoms with van der Waals surface area (Å²) >= 11 is 0. The second kappa shape index (κ2) is 18.9. The van der Waals surface area contributed by atoms with Crippen LogP contribution in [0, 0.1) is 16.9 Å². The van der Waals surface area contributed by atoms with Crippen molar-refractivity contribution in [2.24, 2.45) is 5.11 Å². The molecule has 3 aromatic rings. The van der Waals surface area contributed by atoms with Crippen molar-refractivity contribution in [2.75, 3.05) is 56.0 Å². The average molecular weight is 638 g/mol. The lowest BCUT2D eigenvalue weighted by Gasteiger charge is -2.27. The van der Waals surface area contributed by atoms with E-state index in [-0.39, 0.29) is 0 Å². The van der Waals surface area contributed by atoms with E-state index in [0.717, 1.165) is 93.3 Å². The fourth-order valence-electron chi connectivity index (χ4n) is 6.34. The van der Waals surface area contributed by atoms with Gasteiger partial charge in [0.2, 0.25) is 5.95 Å². The summed E-state index contributed by atoms with van der Waals surface area (Å²) in [4.78, 5) is 12.1. The largest absolute Gasteiger partial charge is 0.389 e. The molecule has 6 N–H and O–H groups in total. The fraction of sp³-hybridized carbons (Fsp3) is 0.528. The number of hydrogen-bond acceptors (Lipinski definition) is 11. The predicted octanol–water partition coefficient (Wildman–Crippen LogP) is 5.43. The molecule has 0 bridgehead atoms. The molecule has 0 unspecified atom stereocenters. The van der Waals surface area contributed by atoms with Crippen molar-refractivity contribution >= 4 is 22.7 Å². The quantitative estimate of drug-likeness (QED) is 0.0794. The molecular formula is C36H51N11. The number of hydrogen-bond donors (Lipinski definition) is 6. The van der Waals surface area contributed by atoms with Crippen molar-refractivity contribution in [3.05, 3.63) is 71.6 Å². The molecule has 250 valence electrons. The number of rotatable bonds is 18. The van der Waals surface area contributed by atoms with Gasteiger partial charge in [0, 0.05) is 36.8 Å². The average Bonchev–Trinajstić information content (AvgIpc) is 3.12. The number of fused-ring (bicyclic) bond motifs is 1. The van der Waals surface area contributed by atoms with Crippen molar-refractivity contribution in [1.29, 1.82) is 10.8 Å². The molecule has 0 radical (unpaired) electrons. The van der Waals surface area contributed by atoms with Crippen LogP contribution in [0.15, 0.2) is 65.5 Å². The number of aromatic nitrogens is 2.